The highest BCUT2D eigenvalue weighted by Crippen LogP contribution is 2.25. The van der Waals surface area contributed by atoms with Gasteiger partial charge in [0.25, 0.3) is 5.91 Å². The van der Waals surface area contributed by atoms with Gasteiger partial charge in [0.2, 0.25) is 0 Å². The molecule has 4 nitrogen and oxygen atoms in total. The molecule has 0 spiro atoms. The maximum Gasteiger partial charge on any atom is 0.267 e. The Balaban J connectivity index is 1.89. The van der Waals surface area contributed by atoms with Crippen molar-refractivity contribution in [3.63, 3.8) is 0 Å². The monoisotopic (exact) mass is 251 g/mol. The number of aromatic nitrogens is 1. The van der Waals surface area contributed by atoms with Crippen molar-refractivity contribution in [2.45, 2.75) is 24.5 Å². The number of rotatable bonds is 4. The number of carbonyl (C=O) groups is 1. The molecule has 1 saturated heterocycles. The molecule has 1 unspecified atom stereocenters. The lowest BCUT2D eigenvalue weighted by molar-refractivity contribution is 0.0995. The number of primary amides is 1. The molecule has 1 aromatic rings. The van der Waals surface area contributed by atoms with Crippen LogP contribution in [0.3, 0.4) is 0 Å². The lowest BCUT2D eigenvalue weighted by Gasteiger charge is -2.21. The SMILES string of the molecule is NC(=O)c1cc(NCC2CCCCS2)ccn1. The van der Waals surface area contributed by atoms with Crippen LogP contribution in [0.1, 0.15) is 29.8 Å². The number of hydrogen-bond donors (Lipinski definition) is 2. The fraction of sp³-hybridized carbons (Fsp3) is 0.500. The number of nitrogens with zero attached hydrogens (tertiary/aromatic N) is 1. The summed E-state index contributed by atoms with van der Waals surface area (Å²) in [5, 5.41) is 4.02. The quantitative estimate of drug-likeness (QED) is 0.857. The van der Waals surface area contributed by atoms with Crippen molar-refractivity contribution in [1.29, 1.82) is 0 Å². The number of pyridine rings is 1. The van der Waals surface area contributed by atoms with Crippen LogP contribution in [-0.2, 0) is 0 Å². The van der Waals surface area contributed by atoms with E-state index in [-0.39, 0.29) is 0 Å². The lowest BCUT2D eigenvalue weighted by atomic mass is 10.2. The molecular weight excluding hydrogens is 234 g/mol. The summed E-state index contributed by atoms with van der Waals surface area (Å²) in [6.07, 6.45) is 5.53. The maximum absolute atomic E-state index is 11.0. The summed E-state index contributed by atoms with van der Waals surface area (Å²) in [6, 6.07) is 3.57. The molecule has 92 valence electrons. The van der Waals surface area contributed by atoms with E-state index in [9.17, 15) is 4.79 Å². The first-order valence-corrected chi connectivity index (χ1v) is 6.92. The van der Waals surface area contributed by atoms with Gasteiger partial charge < -0.3 is 11.1 Å². The van der Waals surface area contributed by atoms with Crippen LogP contribution >= 0.6 is 11.8 Å². The first-order valence-electron chi connectivity index (χ1n) is 5.87. The molecule has 0 aromatic carbocycles. The summed E-state index contributed by atoms with van der Waals surface area (Å²) < 4.78 is 0. The Kier molecular flexibility index (Phi) is 4.25. The second kappa shape index (κ2) is 5.91. The fourth-order valence-electron chi connectivity index (χ4n) is 1.88. The third-order valence-electron chi connectivity index (χ3n) is 2.82. The van der Waals surface area contributed by atoms with E-state index >= 15 is 0 Å². The van der Waals surface area contributed by atoms with Crippen LogP contribution < -0.4 is 11.1 Å². The Bertz CT molecular complexity index is 391. The van der Waals surface area contributed by atoms with Gasteiger partial charge in [-0.3, -0.25) is 9.78 Å². The van der Waals surface area contributed by atoms with Gasteiger partial charge in [0.05, 0.1) is 0 Å². The Hall–Kier alpha value is -1.23. The first kappa shape index (κ1) is 12.2. The predicted octanol–water partition coefficient (Wildman–Crippen LogP) is 1.88. The van der Waals surface area contributed by atoms with Gasteiger partial charge in [-0.2, -0.15) is 11.8 Å². The summed E-state index contributed by atoms with van der Waals surface area (Å²) >= 11 is 2.02. The van der Waals surface area contributed by atoms with E-state index in [1.54, 1.807) is 12.3 Å². The molecule has 0 radical (unpaired) electrons. The van der Waals surface area contributed by atoms with Crippen LogP contribution in [0, 0.1) is 0 Å². The van der Waals surface area contributed by atoms with Gasteiger partial charge in [0.15, 0.2) is 0 Å². The topological polar surface area (TPSA) is 68.0 Å². The van der Waals surface area contributed by atoms with E-state index in [4.69, 9.17) is 5.73 Å². The Morgan fingerprint density at radius 3 is 3.18 bits per heavy atom. The van der Waals surface area contributed by atoms with E-state index in [0.29, 0.717) is 10.9 Å². The number of nitrogens with one attached hydrogen (secondary N) is 1. The van der Waals surface area contributed by atoms with E-state index in [1.807, 2.05) is 17.8 Å². The van der Waals surface area contributed by atoms with Gasteiger partial charge in [0, 0.05) is 23.7 Å². The number of hydrogen-bond acceptors (Lipinski definition) is 4. The Morgan fingerprint density at radius 2 is 2.47 bits per heavy atom. The zero-order chi connectivity index (χ0) is 12.1. The number of carbonyl (C=O) groups excluding carboxylic acids is 1. The van der Waals surface area contributed by atoms with Crippen molar-refractivity contribution in [3.05, 3.63) is 24.0 Å². The molecule has 1 fully saturated rings. The minimum atomic E-state index is -0.485. The van der Waals surface area contributed by atoms with Crippen LogP contribution in [-0.4, -0.2) is 28.4 Å². The van der Waals surface area contributed by atoms with Crippen molar-refractivity contribution >= 4 is 23.4 Å². The minimum Gasteiger partial charge on any atom is -0.384 e. The number of amides is 1. The van der Waals surface area contributed by atoms with Crippen LogP contribution in [0.2, 0.25) is 0 Å². The zero-order valence-electron chi connectivity index (χ0n) is 9.69. The van der Waals surface area contributed by atoms with Crippen LogP contribution in [0.4, 0.5) is 5.69 Å². The highest BCUT2D eigenvalue weighted by molar-refractivity contribution is 7.99. The van der Waals surface area contributed by atoms with Crippen molar-refractivity contribution in [2.75, 3.05) is 17.6 Å². The molecule has 0 saturated carbocycles. The summed E-state index contributed by atoms with van der Waals surface area (Å²) in [6.45, 7) is 0.937. The summed E-state index contributed by atoms with van der Waals surface area (Å²) in [7, 11) is 0. The molecule has 1 aromatic heterocycles. The van der Waals surface area contributed by atoms with Gasteiger partial charge in [-0.15, -0.1) is 0 Å². The van der Waals surface area contributed by atoms with Crippen LogP contribution in [0.5, 0.6) is 0 Å². The molecule has 17 heavy (non-hydrogen) atoms. The number of thioether (sulfide) groups is 1. The Labute approximate surface area is 105 Å². The van der Waals surface area contributed by atoms with Crippen molar-refractivity contribution in [3.8, 4) is 0 Å². The standard InChI is InChI=1S/C12H17N3OS/c13-12(16)11-7-9(4-5-14-11)15-8-10-3-1-2-6-17-10/h4-5,7,10H,1-3,6,8H2,(H2,13,16)(H,14,15). The molecule has 2 rings (SSSR count). The molecule has 0 bridgehead atoms. The molecule has 0 aliphatic carbocycles. The third kappa shape index (κ3) is 3.63. The van der Waals surface area contributed by atoms with Crippen molar-refractivity contribution in [1.82, 2.24) is 4.98 Å². The molecule has 3 N–H and O–H groups in total. The molecule has 1 atom stereocenters. The Morgan fingerprint density at radius 1 is 1.59 bits per heavy atom. The largest absolute Gasteiger partial charge is 0.384 e. The van der Waals surface area contributed by atoms with Gasteiger partial charge in [0.1, 0.15) is 5.69 Å². The average Bonchev–Trinajstić information content (AvgIpc) is 2.38. The normalized spacial score (nSPS) is 19.9. The second-order valence-corrected chi connectivity index (χ2v) is 5.57. The smallest absolute Gasteiger partial charge is 0.267 e. The fourth-order valence-corrected chi connectivity index (χ4v) is 3.11. The highest BCUT2D eigenvalue weighted by atomic mass is 32.2. The van der Waals surface area contributed by atoms with Crippen LogP contribution in [0.15, 0.2) is 18.3 Å². The molecule has 1 aliphatic rings. The second-order valence-electron chi connectivity index (χ2n) is 4.16. The number of nitrogens with two attached hydrogens (primary N) is 1. The highest BCUT2D eigenvalue weighted by Gasteiger charge is 2.13. The average molecular weight is 251 g/mol. The third-order valence-corrected chi connectivity index (χ3v) is 4.22. The summed E-state index contributed by atoms with van der Waals surface area (Å²) in [5.74, 6) is 0.774. The molecule has 1 amide bonds. The van der Waals surface area contributed by atoms with Gasteiger partial charge in [-0.25, -0.2) is 0 Å². The minimum absolute atomic E-state index is 0.311. The van der Waals surface area contributed by atoms with E-state index in [2.05, 4.69) is 10.3 Å². The van der Waals surface area contributed by atoms with E-state index in [0.717, 1.165) is 12.2 Å². The molecular formula is C12H17N3OS. The summed E-state index contributed by atoms with van der Waals surface area (Å²) in [4.78, 5) is 14.9. The number of anilines is 1. The van der Waals surface area contributed by atoms with E-state index < -0.39 is 5.91 Å². The molecule has 2 heterocycles. The van der Waals surface area contributed by atoms with Gasteiger partial charge in [-0.05, 0) is 30.7 Å². The maximum atomic E-state index is 11.0. The van der Waals surface area contributed by atoms with Gasteiger partial charge >= 0.3 is 0 Å². The predicted molar refractivity (Wildman–Crippen MR) is 71.3 cm³/mol. The van der Waals surface area contributed by atoms with Crippen LogP contribution in [0.25, 0.3) is 0 Å². The summed E-state index contributed by atoms with van der Waals surface area (Å²) in [5.41, 5.74) is 6.42. The van der Waals surface area contributed by atoms with Gasteiger partial charge in [-0.1, -0.05) is 6.42 Å². The van der Waals surface area contributed by atoms with Crippen molar-refractivity contribution in [2.24, 2.45) is 5.73 Å². The zero-order valence-corrected chi connectivity index (χ0v) is 10.5. The lowest BCUT2D eigenvalue weighted by Crippen LogP contribution is -2.20. The molecule has 5 heteroatoms. The van der Waals surface area contributed by atoms with Crippen molar-refractivity contribution < 1.29 is 4.79 Å². The van der Waals surface area contributed by atoms with E-state index in [1.165, 1.54) is 25.0 Å². The first-order chi connectivity index (χ1) is 8.25. The molecule has 1 aliphatic heterocycles.